The molecule has 1 saturated carbocycles. The van der Waals surface area contributed by atoms with Gasteiger partial charge in [0.15, 0.2) is 0 Å². The van der Waals surface area contributed by atoms with Gasteiger partial charge in [-0.25, -0.2) is 13.8 Å². The van der Waals surface area contributed by atoms with Gasteiger partial charge in [-0.15, -0.1) is 13.2 Å². The summed E-state index contributed by atoms with van der Waals surface area (Å²) in [5.41, 5.74) is 3.10. The minimum Gasteiger partial charge on any atom is -0.406 e. The number of anilines is 2. The highest BCUT2D eigenvalue weighted by Gasteiger charge is 2.39. The SMILES string of the molecule is CCc1nc2cc(F)ccn2c1C(=O)NCc1ccc(N2CCN(c3ccc(OC(F)(F)F)cc3)[C@H]3CCCC[C@@H]32)c(F)c1. The van der Waals surface area contributed by atoms with Gasteiger partial charge in [-0.2, -0.15) is 0 Å². The number of imidazole rings is 1. The van der Waals surface area contributed by atoms with Crippen LogP contribution in [0.1, 0.15) is 54.4 Å². The van der Waals surface area contributed by atoms with Crippen molar-refractivity contribution in [2.75, 3.05) is 22.9 Å². The number of rotatable bonds is 7. The lowest BCUT2D eigenvalue weighted by atomic mass is 9.85. The van der Waals surface area contributed by atoms with Gasteiger partial charge in [0.2, 0.25) is 0 Å². The molecule has 0 spiro atoms. The Morgan fingerprint density at radius 1 is 0.977 bits per heavy atom. The predicted octanol–water partition coefficient (Wildman–Crippen LogP) is 6.64. The molecule has 2 fully saturated rings. The Bertz CT molecular complexity index is 1660. The van der Waals surface area contributed by atoms with Gasteiger partial charge in [0.1, 0.15) is 28.7 Å². The van der Waals surface area contributed by atoms with Crippen molar-refractivity contribution in [1.82, 2.24) is 14.7 Å². The van der Waals surface area contributed by atoms with Gasteiger partial charge in [-0.05, 0) is 67.3 Å². The van der Waals surface area contributed by atoms with Gasteiger partial charge in [-0.1, -0.05) is 25.8 Å². The van der Waals surface area contributed by atoms with Gasteiger partial charge < -0.3 is 19.9 Å². The van der Waals surface area contributed by atoms with Crippen LogP contribution in [0.2, 0.25) is 0 Å². The molecule has 0 bridgehead atoms. The highest BCUT2D eigenvalue weighted by atomic mass is 19.4. The zero-order valence-electron chi connectivity index (χ0n) is 24.1. The van der Waals surface area contributed by atoms with Crippen LogP contribution in [0, 0.1) is 11.6 Å². The van der Waals surface area contributed by atoms with Crippen molar-refractivity contribution < 1.29 is 31.5 Å². The van der Waals surface area contributed by atoms with Crippen molar-refractivity contribution in [1.29, 1.82) is 0 Å². The van der Waals surface area contributed by atoms with E-state index in [0.29, 0.717) is 47.8 Å². The zero-order chi connectivity index (χ0) is 31.0. The molecule has 2 aromatic carbocycles. The molecule has 2 aromatic heterocycles. The van der Waals surface area contributed by atoms with Crippen molar-refractivity contribution in [3.8, 4) is 5.75 Å². The zero-order valence-corrected chi connectivity index (χ0v) is 24.1. The third kappa shape index (κ3) is 6.02. The average molecular weight is 614 g/mol. The first-order valence-electron chi connectivity index (χ1n) is 14.7. The number of carbonyl (C=O) groups is 1. The normalized spacial score (nSPS) is 18.8. The summed E-state index contributed by atoms with van der Waals surface area (Å²) in [6.07, 6.45) is 0.995. The second-order valence-corrected chi connectivity index (χ2v) is 11.1. The number of nitrogens with one attached hydrogen (secondary N) is 1. The number of fused-ring (bicyclic) bond motifs is 2. The van der Waals surface area contributed by atoms with E-state index >= 15 is 4.39 Å². The number of hydrogen-bond acceptors (Lipinski definition) is 5. The smallest absolute Gasteiger partial charge is 0.406 e. The first kappa shape index (κ1) is 29.7. The summed E-state index contributed by atoms with van der Waals surface area (Å²) in [5.74, 6) is -1.48. The minimum absolute atomic E-state index is 0.0381. The molecule has 1 aliphatic carbocycles. The first-order valence-corrected chi connectivity index (χ1v) is 14.7. The standard InChI is InChI=1S/C32H32F5N5O2/c1-2-25-30(42-14-13-21(33)18-29(42)39-25)31(43)38-19-20-7-12-26(24(34)17-20)41-16-15-40(27-5-3-4-6-28(27)41)22-8-10-23(11-9-22)44-32(35,36)37/h7-14,17-18,27-28H,2-6,15-16,19H2,1H3,(H,38,43)/t27-,28-/m0/s1. The van der Waals surface area contributed by atoms with E-state index in [1.807, 2.05) is 6.92 Å². The second-order valence-electron chi connectivity index (χ2n) is 11.1. The molecule has 7 nitrogen and oxygen atoms in total. The molecule has 0 unspecified atom stereocenters. The summed E-state index contributed by atoms with van der Waals surface area (Å²) in [6.45, 7) is 3.09. The number of piperazine rings is 1. The number of benzene rings is 2. The second kappa shape index (κ2) is 12.0. The lowest BCUT2D eigenvalue weighted by Crippen LogP contribution is -2.61. The van der Waals surface area contributed by atoms with Crippen molar-refractivity contribution in [3.05, 3.63) is 89.4 Å². The third-order valence-corrected chi connectivity index (χ3v) is 8.46. The summed E-state index contributed by atoms with van der Waals surface area (Å²) in [4.78, 5) is 21.8. The summed E-state index contributed by atoms with van der Waals surface area (Å²) in [5, 5.41) is 2.84. The number of nitrogens with zero attached hydrogens (tertiary/aromatic N) is 4. The van der Waals surface area contributed by atoms with Crippen LogP contribution in [-0.4, -0.2) is 46.8 Å². The molecule has 2 atom stereocenters. The molecule has 1 amide bonds. The van der Waals surface area contributed by atoms with E-state index in [-0.39, 0.29) is 36.1 Å². The van der Waals surface area contributed by atoms with Crippen LogP contribution in [0.3, 0.4) is 0 Å². The average Bonchev–Trinajstić information content (AvgIpc) is 3.37. The highest BCUT2D eigenvalue weighted by Crippen LogP contribution is 2.37. The maximum Gasteiger partial charge on any atom is 0.573 e. The van der Waals surface area contributed by atoms with Crippen LogP contribution in [0.5, 0.6) is 5.75 Å². The van der Waals surface area contributed by atoms with E-state index in [1.54, 1.807) is 28.7 Å². The number of pyridine rings is 1. The number of halogens is 5. The molecule has 1 aliphatic heterocycles. The molecular weight excluding hydrogens is 581 g/mol. The topological polar surface area (TPSA) is 62.1 Å². The number of hydrogen-bond donors (Lipinski definition) is 1. The Labute approximate surface area is 251 Å². The molecule has 2 aliphatic rings. The Kier molecular flexibility index (Phi) is 8.08. The first-order chi connectivity index (χ1) is 21.1. The van der Waals surface area contributed by atoms with E-state index in [2.05, 4.69) is 24.8 Å². The number of aryl methyl sites for hydroxylation is 1. The Balaban J connectivity index is 1.15. The quantitative estimate of drug-likeness (QED) is 0.237. The van der Waals surface area contributed by atoms with Gasteiger partial charge in [0, 0.05) is 49.7 Å². The van der Waals surface area contributed by atoms with Crippen molar-refractivity contribution in [2.24, 2.45) is 0 Å². The van der Waals surface area contributed by atoms with E-state index in [0.717, 1.165) is 31.4 Å². The van der Waals surface area contributed by atoms with Gasteiger partial charge >= 0.3 is 6.36 Å². The largest absolute Gasteiger partial charge is 0.573 e. The molecule has 44 heavy (non-hydrogen) atoms. The molecule has 1 N–H and O–H groups in total. The Morgan fingerprint density at radius 3 is 2.36 bits per heavy atom. The molecule has 232 valence electrons. The fourth-order valence-electron chi connectivity index (χ4n) is 6.54. The van der Waals surface area contributed by atoms with Crippen LogP contribution in [0.4, 0.5) is 33.3 Å². The predicted molar refractivity (Wildman–Crippen MR) is 156 cm³/mol. The Morgan fingerprint density at radius 2 is 1.68 bits per heavy atom. The number of carbonyl (C=O) groups excluding carboxylic acids is 1. The maximum atomic E-state index is 15.6. The minimum atomic E-state index is -4.75. The molecule has 4 aromatic rings. The molecule has 12 heteroatoms. The fourth-order valence-corrected chi connectivity index (χ4v) is 6.54. The summed E-state index contributed by atoms with van der Waals surface area (Å²) in [6, 6.07) is 13.6. The van der Waals surface area contributed by atoms with Crippen LogP contribution in [-0.2, 0) is 13.0 Å². The number of ether oxygens (including phenoxy) is 1. The fraction of sp³-hybridized carbons (Fsp3) is 0.375. The molecule has 3 heterocycles. The highest BCUT2D eigenvalue weighted by molar-refractivity contribution is 5.94. The number of amides is 1. The van der Waals surface area contributed by atoms with Crippen molar-refractivity contribution in [3.63, 3.8) is 0 Å². The lowest BCUT2D eigenvalue weighted by molar-refractivity contribution is -0.274. The van der Waals surface area contributed by atoms with E-state index in [1.165, 1.54) is 36.5 Å². The summed E-state index contributed by atoms with van der Waals surface area (Å²) < 4.78 is 72.7. The molecule has 0 radical (unpaired) electrons. The summed E-state index contributed by atoms with van der Waals surface area (Å²) in [7, 11) is 0. The molecule has 6 rings (SSSR count). The maximum absolute atomic E-state index is 15.6. The van der Waals surface area contributed by atoms with E-state index in [9.17, 15) is 22.4 Å². The summed E-state index contributed by atoms with van der Waals surface area (Å²) >= 11 is 0. The monoisotopic (exact) mass is 613 g/mol. The van der Waals surface area contributed by atoms with Gasteiger partial charge in [0.25, 0.3) is 5.91 Å². The number of alkyl halides is 3. The van der Waals surface area contributed by atoms with E-state index < -0.39 is 12.2 Å². The van der Waals surface area contributed by atoms with Crippen LogP contribution in [0.15, 0.2) is 60.8 Å². The van der Waals surface area contributed by atoms with Crippen LogP contribution < -0.4 is 19.9 Å². The molecular formula is C32H32F5N5O2. The van der Waals surface area contributed by atoms with Crippen molar-refractivity contribution in [2.45, 2.75) is 64.0 Å². The Hall–Kier alpha value is -4.35. The van der Waals surface area contributed by atoms with Gasteiger partial charge in [-0.3, -0.25) is 9.20 Å². The van der Waals surface area contributed by atoms with Gasteiger partial charge in [0.05, 0.1) is 11.4 Å². The van der Waals surface area contributed by atoms with E-state index in [4.69, 9.17) is 0 Å². The number of aromatic nitrogens is 2. The van der Waals surface area contributed by atoms with Crippen LogP contribution in [0.25, 0.3) is 5.65 Å². The van der Waals surface area contributed by atoms with Crippen molar-refractivity contribution >= 4 is 22.9 Å². The lowest BCUT2D eigenvalue weighted by Gasteiger charge is -2.52. The molecule has 1 saturated heterocycles. The third-order valence-electron chi connectivity index (χ3n) is 8.46. The van der Waals surface area contributed by atoms with Crippen LogP contribution >= 0.6 is 0 Å².